The zero-order valence-electron chi connectivity index (χ0n) is 14.2. The number of fused-ring (bicyclic) bond motifs is 1. The molecule has 0 aliphatic carbocycles. The van der Waals surface area contributed by atoms with Gasteiger partial charge < -0.3 is 14.8 Å². The average molecular weight is 345 g/mol. The Hall–Kier alpha value is -3.27. The van der Waals surface area contributed by atoms with Gasteiger partial charge in [-0.3, -0.25) is 4.79 Å². The van der Waals surface area contributed by atoms with Crippen LogP contribution in [0.25, 0.3) is 0 Å². The van der Waals surface area contributed by atoms with Crippen LogP contribution in [0, 0.1) is 0 Å². The highest BCUT2D eigenvalue weighted by Crippen LogP contribution is 2.32. The minimum absolute atomic E-state index is 0.0499. The van der Waals surface area contributed by atoms with Gasteiger partial charge in [0.05, 0.1) is 12.6 Å². The molecule has 1 N–H and O–H groups in total. The van der Waals surface area contributed by atoms with Crippen molar-refractivity contribution in [3.8, 4) is 17.2 Å². The van der Waals surface area contributed by atoms with Crippen LogP contribution in [0.4, 0.5) is 0 Å². The highest BCUT2D eigenvalue weighted by atomic mass is 16.5. The van der Waals surface area contributed by atoms with Crippen LogP contribution in [0.2, 0.25) is 0 Å². The lowest BCUT2D eigenvalue weighted by atomic mass is 10.00. The topological polar surface area (TPSA) is 47.6 Å². The Bertz CT molecular complexity index is 908. The van der Waals surface area contributed by atoms with E-state index in [-0.39, 0.29) is 11.9 Å². The summed E-state index contributed by atoms with van der Waals surface area (Å²) in [6.07, 6.45) is 0.753. The SMILES string of the molecule is O=C(N[C@@H]1CCOc2ccccc21)c1cccc(Oc2ccccc2)c1. The molecule has 0 radical (unpaired) electrons. The molecule has 3 aromatic rings. The second-order valence-corrected chi connectivity index (χ2v) is 6.14. The smallest absolute Gasteiger partial charge is 0.251 e. The molecule has 4 heteroatoms. The minimum atomic E-state index is -0.120. The summed E-state index contributed by atoms with van der Waals surface area (Å²) in [6.45, 7) is 0.596. The van der Waals surface area contributed by atoms with E-state index in [0.29, 0.717) is 17.9 Å². The highest BCUT2D eigenvalue weighted by Gasteiger charge is 2.23. The van der Waals surface area contributed by atoms with Crippen molar-refractivity contribution < 1.29 is 14.3 Å². The molecule has 1 aliphatic heterocycles. The molecule has 0 saturated heterocycles. The minimum Gasteiger partial charge on any atom is -0.493 e. The van der Waals surface area contributed by atoms with Crippen molar-refractivity contribution in [2.24, 2.45) is 0 Å². The molecule has 4 rings (SSSR count). The maximum absolute atomic E-state index is 12.7. The summed E-state index contributed by atoms with van der Waals surface area (Å²) in [5.41, 5.74) is 1.59. The lowest BCUT2D eigenvalue weighted by Gasteiger charge is -2.26. The van der Waals surface area contributed by atoms with Crippen molar-refractivity contribution in [1.29, 1.82) is 0 Å². The molecule has 0 aromatic heterocycles. The number of ether oxygens (including phenoxy) is 2. The van der Waals surface area contributed by atoms with Gasteiger partial charge in [0.1, 0.15) is 17.2 Å². The van der Waals surface area contributed by atoms with Gasteiger partial charge in [0, 0.05) is 17.5 Å². The summed E-state index contributed by atoms with van der Waals surface area (Å²) in [5, 5.41) is 3.11. The number of hydrogen-bond acceptors (Lipinski definition) is 3. The van der Waals surface area contributed by atoms with Crippen molar-refractivity contribution in [1.82, 2.24) is 5.32 Å². The van der Waals surface area contributed by atoms with Crippen molar-refractivity contribution in [3.05, 3.63) is 90.0 Å². The molecule has 4 nitrogen and oxygen atoms in total. The first-order valence-corrected chi connectivity index (χ1v) is 8.65. The Kier molecular flexibility index (Phi) is 4.56. The molecule has 1 amide bonds. The van der Waals surface area contributed by atoms with Gasteiger partial charge in [0.25, 0.3) is 5.91 Å². The highest BCUT2D eigenvalue weighted by molar-refractivity contribution is 5.94. The molecule has 130 valence electrons. The van der Waals surface area contributed by atoms with Gasteiger partial charge >= 0.3 is 0 Å². The molecular weight excluding hydrogens is 326 g/mol. The average Bonchev–Trinajstić information content (AvgIpc) is 2.69. The van der Waals surface area contributed by atoms with E-state index < -0.39 is 0 Å². The van der Waals surface area contributed by atoms with Crippen molar-refractivity contribution >= 4 is 5.91 Å². The lowest BCUT2D eigenvalue weighted by molar-refractivity contribution is 0.0924. The van der Waals surface area contributed by atoms with E-state index in [1.807, 2.05) is 66.7 Å². The van der Waals surface area contributed by atoms with Crippen LogP contribution >= 0.6 is 0 Å². The fourth-order valence-electron chi connectivity index (χ4n) is 3.06. The normalized spacial score (nSPS) is 15.5. The van der Waals surface area contributed by atoms with Crippen LogP contribution in [0.1, 0.15) is 28.4 Å². The summed E-state index contributed by atoms with van der Waals surface area (Å²) in [6, 6.07) is 24.5. The quantitative estimate of drug-likeness (QED) is 0.743. The van der Waals surface area contributed by atoms with E-state index in [2.05, 4.69) is 5.32 Å². The number of hydrogen-bond donors (Lipinski definition) is 1. The number of carbonyl (C=O) groups excluding carboxylic acids is 1. The molecule has 3 aromatic carbocycles. The van der Waals surface area contributed by atoms with E-state index in [1.165, 1.54) is 0 Å². The van der Waals surface area contributed by atoms with Crippen LogP contribution < -0.4 is 14.8 Å². The first-order valence-electron chi connectivity index (χ1n) is 8.65. The Labute approximate surface area is 152 Å². The van der Waals surface area contributed by atoms with Gasteiger partial charge in [-0.05, 0) is 36.4 Å². The predicted molar refractivity (Wildman–Crippen MR) is 99.7 cm³/mol. The lowest BCUT2D eigenvalue weighted by Crippen LogP contribution is -2.32. The fraction of sp³-hybridized carbons (Fsp3) is 0.136. The largest absolute Gasteiger partial charge is 0.493 e. The Balaban J connectivity index is 1.50. The number of carbonyl (C=O) groups is 1. The standard InChI is InChI=1S/C22H19NO3/c24-22(23-20-13-14-25-21-12-5-4-11-19(20)21)16-7-6-10-18(15-16)26-17-8-2-1-3-9-17/h1-12,15,20H,13-14H2,(H,23,24)/t20-/m1/s1. The molecule has 0 fully saturated rings. The van der Waals surface area contributed by atoms with Crippen molar-refractivity contribution in [3.63, 3.8) is 0 Å². The van der Waals surface area contributed by atoms with Crippen LogP contribution in [0.5, 0.6) is 17.2 Å². The molecule has 1 aliphatic rings. The number of rotatable bonds is 4. The first-order chi connectivity index (χ1) is 12.8. The van der Waals surface area contributed by atoms with Gasteiger partial charge in [0.15, 0.2) is 0 Å². The Morgan fingerprint density at radius 1 is 0.923 bits per heavy atom. The second kappa shape index (κ2) is 7.31. The molecule has 0 spiro atoms. The number of nitrogens with one attached hydrogen (secondary N) is 1. The van der Waals surface area contributed by atoms with Crippen LogP contribution in [-0.4, -0.2) is 12.5 Å². The predicted octanol–water partition coefficient (Wildman–Crippen LogP) is 4.73. The van der Waals surface area contributed by atoms with Gasteiger partial charge in [-0.2, -0.15) is 0 Å². The maximum Gasteiger partial charge on any atom is 0.251 e. The second-order valence-electron chi connectivity index (χ2n) is 6.14. The van der Waals surface area contributed by atoms with E-state index in [1.54, 1.807) is 12.1 Å². The molecule has 26 heavy (non-hydrogen) atoms. The fourth-order valence-corrected chi connectivity index (χ4v) is 3.06. The summed E-state index contributed by atoms with van der Waals surface area (Å²) >= 11 is 0. The number of benzene rings is 3. The third kappa shape index (κ3) is 3.54. The maximum atomic E-state index is 12.7. The molecule has 0 unspecified atom stereocenters. The van der Waals surface area contributed by atoms with E-state index in [9.17, 15) is 4.79 Å². The number of para-hydroxylation sites is 2. The van der Waals surface area contributed by atoms with Gasteiger partial charge in [-0.1, -0.05) is 42.5 Å². The van der Waals surface area contributed by atoms with Gasteiger partial charge in [-0.25, -0.2) is 0 Å². The zero-order chi connectivity index (χ0) is 17.8. The number of amides is 1. The summed E-state index contributed by atoms with van der Waals surface area (Å²) in [5.74, 6) is 2.09. The molecule has 1 heterocycles. The van der Waals surface area contributed by atoms with Gasteiger partial charge in [0.2, 0.25) is 0 Å². The first kappa shape index (κ1) is 16.2. The third-order valence-electron chi connectivity index (χ3n) is 4.34. The molecule has 1 atom stereocenters. The van der Waals surface area contributed by atoms with E-state index in [0.717, 1.165) is 23.5 Å². The zero-order valence-corrected chi connectivity index (χ0v) is 14.2. The van der Waals surface area contributed by atoms with Crippen molar-refractivity contribution in [2.75, 3.05) is 6.61 Å². The third-order valence-corrected chi connectivity index (χ3v) is 4.34. The summed E-state index contributed by atoms with van der Waals surface area (Å²) in [7, 11) is 0. The van der Waals surface area contributed by atoms with Crippen LogP contribution in [0.3, 0.4) is 0 Å². The summed E-state index contributed by atoms with van der Waals surface area (Å²) in [4.78, 5) is 12.7. The van der Waals surface area contributed by atoms with Crippen molar-refractivity contribution in [2.45, 2.75) is 12.5 Å². The van der Waals surface area contributed by atoms with E-state index >= 15 is 0 Å². The molecular formula is C22H19NO3. The summed E-state index contributed by atoms with van der Waals surface area (Å²) < 4.78 is 11.5. The Morgan fingerprint density at radius 3 is 2.58 bits per heavy atom. The molecule has 0 saturated carbocycles. The van der Waals surface area contributed by atoms with Gasteiger partial charge in [-0.15, -0.1) is 0 Å². The van der Waals surface area contributed by atoms with Crippen LogP contribution in [0.15, 0.2) is 78.9 Å². The monoisotopic (exact) mass is 345 g/mol. The molecule has 0 bridgehead atoms. The van der Waals surface area contributed by atoms with Crippen LogP contribution in [-0.2, 0) is 0 Å². The van der Waals surface area contributed by atoms with E-state index in [4.69, 9.17) is 9.47 Å². The Morgan fingerprint density at radius 2 is 1.69 bits per heavy atom.